The summed E-state index contributed by atoms with van der Waals surface area (Å²) in [5, 5.41) is 45.5. The van der Waals surface area contributed by atoms with Crippen molar-refractivity contribution in [1.29, 1.82) is 0 Å². The number of hydrogen-bond acceptors (Lipinski definition) is 6. The van der Waals surface area contributed by atoms with Crippen molar-refractivity contribution in [2.75, 3.05) is 26.3 Å². The predicted molar refractivity (Wildman–Crippen MR) is 64.0 cm³/mol. The van der Waals surface area contributed by atoms with E-state index in [2.05, 4.69) is 0 Å². The maximum absolute atomic E-state index is 11.2. The first-order valence-corrected chi connectivity index (χ1v) is 5.88. The molecule has 0 aromatic heterocycles. The lowest BCUT2D eigenvalue weighted by Gasteiger charge is -2.33. The van der Waals surface area contributed by atoms with Gasteiger partial charge in [-0.3, -0.25) is 9.69 Å². The van der Waals surface area contributed by atoms with Gasteiger partial charge in [0, 0.05) is 13.1 Å². The summed E-state index contributed by atoms with van der Waals surface area (Å²) in [6.07, 6.45) is -2.17. The largest absolute Gasteiger partial charge is 0.480 e. The number of aliphatic hydroxyl groups is 4. The molecule has 0 aliphatic heterocycles. The van der Waals surface area contributed by atoms with Crippen LogP contribution in [0, 0.1) is 5.92 Å². The van der Waals surface area contributed by atoms with E-state index >= 15 is 0 Å². The normalized spacial score (nSPS) is 16.9. The SMILES string of the molecule is CC(C)C(C(=O)O)N(CC(O)CO)CC(O)CO. The van der Waals surface area contributed by atoms with Crippen molar-refractivity contribution in [1.82, 2.24) is 4.90 Å². The first-order valence-electron chi connectivity index (χ1n) is 5.88. The van der Waals surface area contributed by atoms with Crippen LogP contribution in [0.1, 0.15) is 13.8 Å². The molecule has 0 saturated carbocycles. The molecule has 18 heavy (non-hydrogen) atoms. The van der Waals surface area contributed by atoms with Crippen molar-refractivity contribution < 1.29 is 30.3 Å². The van der Waals surface area contributed by atoms with E-state index in [9.17, 15) is 15.0 Å². The molecule has 0 bridgehead atoms. The molecule has 108 valence electrons. The number of aliphatic carboxylic acids is 1. The molecule has 0 aromatic carbocycles. The van der Waals surface area contributed by atoms with Crippen LogP contribution in [-0.4, -0.2) is 81.0 Å². The number of aliphatic hydroxyl groups excluding tert-OH is 4. The van der Waals surface area contributed by atoms with E-state index in [-0.39, 0.29) is 19.0 Å². The summed E-state index contributed by atoms with van der Waals surface area (Å²) in [5.41, 5.74) is 0. The molecular formula is C11H23NO6. The first kappa shape index (κ1) is 17.3. The van der Waals surface area contributed by atoms with E-state index < -0.39 is 37.4 Å². The quantitative estimate of drug-likeness (QED) is 0.330. The van der Waals surface area contributed by atoms with E-state index in [4.69, 9.17) is 15.3 Å². The van der Waals surface area contributed by atoms with E-state index in [0.717, 1.165) is 0 Å². The maximum Gasteiger partial charge on any atom is 0.321 e. The van der Waals surface area contributed by atoms with Crippen molar-refractivity contribution in [2.45, 2.75) is 32.1 Å². The average Bonchev–Trinajstić information content (AvgIpc) is 2.27. The van der Waals surface area contributed by atoms with Crippen LogP contribution in [0.3, 0.4) is 0 Å². The molecule has 5 N–H and O–H groups in total. The van der Waals surface area contributed by atoms with Gasteiger partial charge in [0.15, 0.2) is 0 Å². The van der Waals surface area contributed by atoms with Crippen molar-refractivity contribution in [2.24, 2.45) is 5.92 Å². The van der Waals surface area contributed by atoms with Gasteiger partial charge < -0.3 is 25.5 Å². The first-order chi connectivity index (χ1) is 8.33. The third-order valence-electron chi connectivity index (χ3n) is 2.59. The fourth-order valence-electron chi connectivity index (χ4n) is 1.82. The van der Waals surface area contributed by atoms with Crippen LogP contribution >= 0.6 is 0 Å². The molecular weight excluding hydrogens is 242 g/mol. The van der Waals surface area contributed by atoms with Crippen molar-refractivity contribution in [3.05, 3.63) is 0 Å². The molecule has 7 heteroatoms. The van der Waals surface area contributed by atoms with Gasteiger partial charge in [0.25, 0.3) is 0 Å². The van der Waals surface area contributed by atoms with Crippen molar-refractivity contribution in [3.8, 4) is 0 Å². The molecule has 0 radical (unpaired) electrons. The zero-order valence-electron chi connectivity index (χ0n) is 10.7. The molecule has 0 rings (SSSR count). The molecule has 3 atom stereocenters. The Morgan fingerprint density at radius 3 is 1.67 bits per heavy atom. The Morgan fingerprint density at radius 1 is 1.06 bits per heavy atom. The Labute approximate surface area is 106 Å². The van der Waals surface area contributed by atoms with Gasteiger partial charge in [0.2, 0.25) is 0 Å². The van der Waals surface area contributed by atoms with Gasteiger partial charge >= 0.3 is 5.97 Å². The Hall–Kier alpha value is -0.730. The number of nitrogens with zero attached hydrogens (tertiary/aromatic N) is 1. The highest BCUT2D eigenvalue weighted by molar-refractivity contribution is 5.73. The average molecular weight is 265 g/mol. The Bertz CT molecular complexity index is 236. The molecule has 0 fully saturated rings. The molecule has 0 aromatic rings. The van der Waals surface area contributed by atoms with Crippen LogP contribution in [-0.2, 0) is 4.79 Å². The highest BCUT2D eigenvalue weighted by Crippen LogP contribution is 2.13. The highest BCUT2D eigenvalue weighted by atomic mass is 16.4. The lowest BCUT2D eigenvalue weighted by Crippen LogP contribution is -2.51. The van der Waals surface area contributed by atoms with Crippen LogP contribution < -0.4 is 0 Å². The second-order valence-corrected chi connectivity index (χ2v) is 4.65. The van der Waals surface area contributed by atoms with E-state index in [0.29, 0.717) is 0 Å². The maximum atomic E-state index is 11.2. The van der Waals surface area contributed by atoms with Gasteiger partial charge in [0.05, 0.1) is 25.4 Å². The number of carboxylic acids is 1. The van der Waals surface area contributed by atoms with Gasteiger partial charge in [-0.2, -0.15) is 0 Å². The summed E-state index contributed by atoms with van der Waals surface area (Å²) in [5.74, 6) is -1.31. The molecule has 3 unspecified atom stereocenters. The van der Waals surface area contributed by atoms with Crippen LogP contribution in [0.4, 0.5) is 0 Å². The minimum Gasteiger partial charge on any atom is -0.480 e. The monoisotopic (exact) mass is 265 g/mol. The summed E-state index contributed by atoms with van der Waals surface area (Å²) in [6, 6.07) is -0.896. The summed E-state index contributed by atoms with van der Waals surface area (Å²) < 4.78 is 0. The number of carboxylic acid groups (broad SMARTS) is 1. The molecule has 7 nitrogen and oxygen atoms in total. The van der Waals surface area contributed by atoms with E-state index in [1.165, 1.54) is 4.90 Å². The van der Waals surface area contributed by atoms with Crippen molar-refractivity contribution >= 4 is 5.97 Å². The van der Waals surface area contributed by atoms with Crippen LogP contribution in [0.2, 0.25) is 0 Å². The lowest BCUT2D eigenvalue weighted by atomic mass is 10.0. The third kappa shape index (κ3) is 5.74. The Balaban J connectivity index is 4.85. The molecule has 0 spiro atoms. The molecule has 0 saturated heterocycles. The van der Waals surface area contributed by atoms with Gasteiger partial charge in [-0.05, 0) is 5.92 Å². The minimum atomic E-state index is -1.09. The fourth-order valence-corrected chi connectivity index (χ4v) is 1.82. The van der Waals surface area contributed by atoms with Crippen LogP contribution in [0.25, 0.3) is 0 Å². The minimum absolute atomic E-state index is 0.0806. The van der Waals surface area contributed by atoms with Gasteiger partial charge in [-0.25, -0.2) is 0 Å². The topological polar surface area (TPSA) is 121 Å². The second kappa shape index (κ2) is 8.39. The number of rotatable bonds is 9. The Kier molecular flexibility index (Phi) is 8.05. The fraction of sp³-hybridized carbons (Fsp3) is 0.909. The summed E-state index contributed by atoms with van der Waals surface area (Å²) in [4.78, 5) is 12.5. The smallest absolute Gasteiger partial charge is 0.321 e. The highest BCUT2D eigenvalue weighted by Gasteiger charge is 2.31. The Morgan fingerprint density at radius 2 is 1.44 bits per heavy atom. The lowest BCUT2D eigenvalue weighted by molar-refractivity contribution is -0.146. The number of carbonyl (C=O) groups is 1. The van der Waals surface area contributed by atoms with Gasteiger partial charge in [-0.15, -0.1) is 0 Å². The summed E-state index contributed by atoms with van der Waals surface area (Å²) in [7, 11) is 0. The third-order valence-corrected chi connectivity index (χ3v) is 2.59. The van der Waals surface area contributed by atoms with Crippen LogP contribution in [0.5, 0.6) is 0 Å². The number of hydrogen-bond donors (Lipinski definition) is 5. The molecule has 0 aliphatic rings. The molecule has 0 heterocycles. The predicted octanol–water partition coefficient (Wildman–Crippen LogP) is -1.90. The van der Waals surface area contributed by atoms with Crippen LogP contribution in [0.15, 0.2) is 0 Å². The van der Waals surface area contributed by atoms with Gasteiger partial charge in [-0.1, -0.05) is 13.8 Å². The zero-order valence-corrected chi connectivity index (χ0v) is 10.7. The zero-order chi connectivity index (χ0) is 14.3. The molecule has 0 amide bonds. The molecule has 0 aliphatic carbocycles. The second-order valence-electron chi connectivity index (χ2n) is 4.65. The van der Waals surface area contributed by atoms with E-state index in [1.807, 2.05) is 0 Å². The van der Waals surface area contributed by atoms with Crippen molar-refractivity contribution in [3.63, 3.8) is 0 Å². The summed E-state index contributed by atoms with van der Waals surface area (Å²) in [6.45, 7) is 2.28. The summed E-state index contributed by atoms with van der Waals surface area (Å²) >= 11 is 0. The standard InChI is InChI=1S/C11H23NO6/c1-7(2)10(11(17)18)12(3-8(15)5-13)4-9(16)6-14/h7-10,13-16H,3-6H2,1-2H3,(H,17,18). The van der Waals surface area contributed by atoms with E-state index in [1.54, 1.807) is 13.8 Å². The van der Waals surface area contributed by atoms with Gasteiger partial charge in [0.1, 0.15) is 6.04 Å².